The third kappa shape index (κ3) is 3.88. The molecule has 0 radical (unpaired) electrons. The highest BCUT2D eigenvalue weighted by atomic mass is 35.5. The Bertz CT molecular complexity index is 1440. The number of carbonyl (C=O) groups is 3. The number of carbonyl (C=O) groups excluding carboxylic acids is 2. The maximum Gasteiger partial charge on any atom is 0.309 e. The summed E-state index contributed by atoms with van der Waals surface area (Å²) in [5.74, 6) is -0.316. The van der Waals surface area contributed by atoms with E-state index in [9.17, 15) is 19.5 Å². The minimum absolute atomic E-state index is 0.0264. The van der Waals surface area contributed by atoms with Gasteiger partial charge in [0.2, 0.25) is 0 Å². The molecule has 8 atom stereocenters. The van der Waals surface area contributed by atoms with Gasteiger partial charge in [-0.3, -0.25) is 14.4 Å². The topological polar surface area (TPSA) is 71.4 Å². The largest absolute Gasteiger partial charge is 0.481 e. The molecule has 5 aliphatic rings. The highest BCUT2D eigenvalue weighted by molar-refractivity contribution is 6.30. The molecule has 4 fully saturated rings. The number of benzene rings is 1. The maximum absolute atomic E-state index is 14.6. The highest BCUT2D eigenvalue weighted by Gasteiger charge is 2.70. The lowest BCUT2D eigenvalue weighted by molar-refractivity contribution is -0.183. The molecule has 6 rings (SSSR count). The van der Waals surface area contributed by atoms with Crippen LogP contribution in [-0.4, -0.2) is 22.6 Å². The summed E-state index contributed by atoms with van der Waals surface area (Å²) in [6.45, 7) is 15.5. The second-order valence-electron chi connectivity index (χ2n) is 16.5. The van der Waals surface area contributed by atoms with Crippen molar-refractivity contribution in [3.8, 4) is 0 Å². The summed E-state index contributed by atoms with van der Waals surface area (Å²) in [5, 5.41) is 10.8. The third-order valence-electron chi connectivity index (χ3n) is 13.9. The smallest absolute Gasteiger partial charge is 0.309 e. The molecule has 4 nitrogen and oxygen atoms in total. The minimum atomic E-state index is -0.761. The van der Waals surface area contributed by atoms with Crippen LogP contribution in [-0.2, 0) is 14.4 Å². The number of ketones is 2. The number of hydrogen-bond donors (Lipinski definition) is 1. The lowest BCUT2D eigenvalue weighted by Gasteiger charge is -2.70. The van der Waals surface area contributed by atoms with E-state index in [0.717, 1.165) is 43.2 Å². The second-order valence-corrected chi connectivity index (χ2v) is 16.9. The van der Waals surface area contributed by atoms with Crippen molar-refractivity contribution < 1.29 is 19.5 Å². The van der Waals surface area contributed by atoms with E-state index in [2.05, 4.69) is 41.5 Å². The van der Waals surface area contributed by atoms with Crippen LogP contribution in [0.25, 0.3) is 6.08 Å². The van der Waals surface area contributed by atoms with Crippen LogP contribution in [0.4, 0.5) is 0 Å². The lowest BCUT2D eigenvalue weighted by Crippen LogP contribution is -2.66. The molecule has 0 bridgehead atoms. The van der Waals surface area contributed by atoms with Crippen molar-refractivity contribution in [1.29, 1.82) is 0 Å². The molecule has 1 N–H and O–H groups in total. The van der Waals surface area contributed by atoms with Crippen molar-refractivity contribution in [2.75, 3.05) is 0 Å². The molecule has 5 heteroatoms. The van der Waals surface area contributed by atoms with Gasteiger partial charge in [-0.25, -0.2) is 0 Å². The zero-order valence-electron chi connectivity index (χ0n) is 26.4. The van der Waals surface area contributed by atoms with E-state index in [1.54, 1.807) is 0 Å². The number of hydrogen-bond acceptors (Lipinski definition) is 3. The summed E-state index contributed by atoms with van der Waals surface area (Å²) >= 11 is 6.14. The molecule has 42 heavy (non-hydrogen) atoms. The maximum atomic E-state index is 14.6. The minimum Gasteiger partial charge on any atom is -0.481 e. The first kappa shape index (κ1) is 29.9. The summed E-state index contributed by atoms with van der Waals surface area (Å²) in [7, 11) is 0. The zero-order valence-corrected chi connectivity index (χ0v) is 27.2. The Kier molecular flexibility index (Phi) is 6.51. The van der Waals surface area contributed by atoms with Crippen molar-refractivity contribution in [3.63, 3.8) is 0 Å². The number of aliphatic carboxylic acids is 1. The molecular formula is C37H47ClO4. The zero-order chi connectivity index (χ0) is 30.7. The highest BCUT2D eigenvalue weighted by Crippen LogP contribution is 2.75. The van der Waals surface area contributed by atoms with E-state index in [1.165, 1.54) is 5.57 Å². The van der Waals surface area contributed by atoms with Gasteiger partial charge in [0.15, 0.2) is 11.6 Å². The van der Waals surface area contributed by atoms with Crippen LogP contribution in [0.3, 0.4) is 0 Å². The fourth-order valence-electron chi connectivity index (χ4n) is 11.1. The number of carboxylic acid groups (broad SMARTS) is 1. The lowest BCUT2D eigenvalue weighted by atomic mass is 9.33. The molecular weight excluding hydrogens is 544 g/mol. The van der Waals surface area contributed by atoms with E-state index in [-0.39, 0.29) is 51.0 Å². The quantitative estimate of drug-likeness (QED) is 0.349. The molecule has 0 heterocycles. The molecule has 1 aromatic rings. The van der Waals surface area contributed by atoms with Crippen LogP contribution in [0.1, 0.15) is 105 Å². The van der Waals surface area contributed by atoms with Gasteiger partial charge in [0.1, 0.15) is 0 Å². The molecule has 0 amide bonds. The average Bonchev–Trinajstić information content (AvgIpc) is 2.90. The second kappa shape index (κ2) is 9.16. The Morgan fingerprint density at radius 1 is 0.929 bits per heavy atom. The van der Waals surface area contributed by atoms with Crippen molar-refractivity contribution in [2.24, 2.45) is 50.2 Å². The number of Topliss-reactive ketones (excluding diaryl/α,β-unsaturated/α-hetero) is 1. The van der Waals surface area contributed by atoms with Crippen molar-refractivity contribution >= 4 is 35.2 Å². The van der Waals surface area contributed by atoms with Crippen molar-refractivity contribution in [1.82, 2.24) is 0 Å². The Balaban J connectivity index is 1.46. The van der Waals surface area contributed by atoms with Gasteiger partial charge in [0.25, 0.3) is 0 Å². The molecule has 5 aliphatic carbocycles. The van der Waals surface area contributed by atoms with Crippen LogP contribution < -0.4 is 0 Å². The van der Waals surface area contributed by atoms with Crippen LogP contribution in [0.5, 0.6) is 0 Å². The van der Waals surface area contributed by atoms with Crippen molar-refractivity contribution in [3.05, 3.63) is 52.1 Å². The fourth-order valence-corrected chi connectivity index (χ4v) is 11.2. The van der Waals surface area contributed by atoms with Gasteiger partial charge >= 0.3 is 5.97 Å². The SMILES string of the molecule is CC1(C)C(=O)/C(=C/c2ccc(Cl)cc2)C[C@]2(C)[C@H]3C(=O)C=C4[C@@H]5C[C@@](C)(C(=O)O)CC[C@]5(C)CC[C@@]4(C)[C@]3(C)CC[C@@H]12. The summed E-state index contributed by atoms with van der Waals surface area (Å²) in [6.07, 6.45) is 10.7. The molecule has 0 aliphatic heterocycles. The molecule has 4 saturated carbocycles. The van der Waals surface area contributed by atoms with Gasteiger partial charge in [-0.15, -0.1) is 0 Å². The van der Waals surface area contributed by atoms with E-state index >= 15 is 0 Å². The summed E-state index contributed by atoms with van der Waals surface area (Å²) in [6, 6.07) is 7.60. The molecule has 0 saturated heterocycles. The first-order valence-electron chi connectivity index (χ1n) is 15.9. The Hall–Kier alpha value is -2.20. The van der Waals surface area contributed by atoms with Crippen molar-refractivity contribution in [2.45, 2.75) is 99.8 Å². The van der Waals surface area contributed by atoms with Gasteiger partial charge in [-0.2, -0.15) is 0 Å². The van der Waals surface area contributed by atoms with Crippen LogP contribution >= 0.6 is 11.6 Å². The number of rotatable bonds is 2. The summed E-state index contributed by atoms with van der Waals surface area (Å²) in [5.41, 5.74) is 0.848. The first-order valence-corrected chi connectivity index (χ1v) is 16.3. The van der Waals surface area contributed by atoms with Gasteiger partial charge < -0.3 is 5.11 Å². The Labute approximate surface area is 256 Å². The number of halogens is 1. The molecule has 1 aromatic carbocycles. The van der Waals surface area contributed by atoms with Gasteiger partial charge in [-0.05, 0) is 127 Å². The number of allylic oxidation sites excluding steroid dienone is 3. The normalized spacial score (nSPS) is 45.3. The fraction of sp³-hybridized carbons (Fsp3) is 0.649. The van der Waals surface area contributed by atoms with E-state index in [1.807, 2.05) is 43.3 Å². The Morgan fingerprint density at radius 2 is 1.57 bits per heavy atom. The molecule has 0 unspecified atom stereocenters. The van der Waals surface area contributed by atoms with Crippen LogP contribution in [0.2, 0.25) is 5.02 Å². The number of carboxylic acids is 1. The molecule has 226 valence electrons. The van der Waals surface area contributed by atoms with E-state index in [4.69, 9.17) is 11.6 Å². The van der Waals surface area contributed by atoms with Gasteiger partial charge in [0.05, 0.1) is 5.41 Å². The van der Waals surface area contributed by atoms with E-state index < -0.39 is 16.8 Å². The third-order valence-corrected chi connectivity index (χ3v) is 14.1. The predicted octanol–water partition coefficient (Wildman–Crippen LogP) is 8.97. The summed E-state index contributed by atoms with van der Waals surface area (Å²) in [4.78, 5) is 41.0. The first-order chi connectivity index (χ1) is 19.4. The predicted molar refractivity (Wildman–Crippen MR) is 167 cm³/mol. The Morgan fingerprint density at radius 3 is 2.21 bits per heavy atom. The van der Waals surface area contributed by atoms with Gasteiger partial charge in [0, 0.05) is 16.4 Å². The average molecular weight is 591 g/mol. The summed E-state index contributed by atoms with van der Waals surface area (Å²) < 4.78 is 0. The standard InChI is InChI=1S/C37H47ClO4/c1-32(2)28-12-13-37(7)29(35(28,5)20-23(30(32)40)18-22-8-10-24(38)11-9-22)27(39)19-25-26-21-34(4,31(41)42)15-14-33(26,3)16-17-36(25,37)6/h8-11,18-19,26,28-29H,12-17,20-21H2,1-7H3,(H,41,42)/b23-18+/t26-,28-,29+,33+,34-,35-,36+,37+/m0/s1. The monoisotopic (exact) mass is 590 g/mol. The molecule has 0 aromatic heterocycles. The van der Waals surface area contributed by atoms with Gasteiger partial charge in [-0.1, -0.05) is 70.8 Å². The van der Waals surface area contributed by atoms with E-state index in [0.29, 0.717) is 24.3 Å². The van der Waals surface area contributed by atoms with Crippen LogP contribution in [0, 0.1) is 50.2 Å². The van der Waals surface area contributed by atoms with Crippen LogP contribution in [0.15, 0.2) is 41.5 Å². The molecule has 0 spiro atoms. The number of fused-ring (bicyclic) bond motifs is 7.